The van der Waals surface area contributed by atoms with Crippen LogP contribution in [0.3, 0.4) is 0 Å². The summed E-state index contributed by atoms with van der Waals surface area (Å²) in [5.74, 6) is -0.189. The van der Waals surface area contributed by atoms with Gasteiger partial charge in [0, 0.05) is 11.8 Å². The van der Waals surface area contributed by atoms with Gasteiger partial charge in [0.25, 0.3) is 0 Å². The molecule has 0 fully saturated rings. The number of carbonyl (C=O) groups is 1. The molecule has 2 rings (SSSR count). The smallest absolute Gasteiger partial charge is 0.244 e. The van der Waals surface area contributed by atoms with E-state index in [0.717, 1.165) is 17.4 Å². The molecule has 0 radical (unpaired) electrons. The van der Waals surface area contributed by atoms with E-state index >= 15 is 0 Å². The lowest BCUT2D eigenvalue weighted by Gasteiger charge is -2.18. The first-order chi connectivity index (χ1) is 12.9. The summed E-state index contributed by atoms with van der Waals surface area (Å²) < 4.78 is 24.9. The summed E-state index contributed by atoms with van der Waals surface area (Å²) in [4.78, 5) is 12.2. The zero-order valence-electron chi connectivity index (χ0n) is 17.0. The summed E-state index contributed by atoms with van der Waals surface area (Å²) in [6.07, 6.45) is 4.41. The van der Waals surface area contributed by atoms with Crippen molar-refractivity contribution in [3.63, 3.8) is 0 Å². The van der Waals surface area contributed by atoms with Crippen molar-refractivity contribution in [2.45, 2.75) is 39.2 Å². The van der Waals surface area contributed by atoms with Gasteiger partial charge in [0.05, 0.1) is 12.3 Å². The SMILES string of the molecule is C[C@@H](NC(=O)/C=C/c1ccc(C(C)(C)C)cc1)c1ccc(NS(C)(=O)=O)cc1. The van der Waals surface area contributed by atoms with E-state index in [1.54, 1.807) is 30.3 Å². The van der Waals surface area contributed by atoms with Gasteiger partial charge in [-0.25, -0.2) is 8.42 Å². The van der Waals surface area contributed by atoms with E-state index in [-0.39, 0.29) is 17.4 Å². The Morgan fingerprint density at radius 2 is 1.57 bits per heavy atom. The summed E-state index contributed by atoms with van der Waals surface area (Å²) in [5.41, 5.74) is 3.68. The van der Waals surface area contributed by atoms with E-state index in [2.05, 4.69) is 42.9 Å². The van der Waals surface area contributed by atoms with Crippen molar-refractivity contribution in [1.82, 2.24) is 5.32 Å². The molecule has 0 aliphatic heterocycles. The van der Waals surface area contributed by atoms with Crippen LogP contribution < -0.4 is 10.0 Å². The Morgan fingerprint density at radius 1 is 1.00 bits per heavy atom. The van der Waals surface area contributed by atoms with Gasteiger partial charge in [0.2, 0.25) is 15.9 Å². The highest BCUT2D eigenvalue weighted by atomic mass is 32.2. The number of amides is 1. The van der Waals surface area contributed by atoms with Gasteiger partial charge in [0.15, 0.2) is 0 Å². The topological polar surface area (TPSA) is 75.3 Å². The van der Waals surface area contributed by atoms with Gasteiger partial charge in [-0.05, 0) is 47.2 Å². The quantitative estimate of drug-likeness (QED) is 0.712. The lowest BCUT2D eigenvalue weighted by molar-refractivity contribution is -0.117. The van der Waals surface area contributed by atoms with Crippen molar-refractivity contribution < 1.29 is 13.2 Å². The monoisotopic (exact) mass is 400 g/mol. The molecule has 0 spiro atoms. The zero-order valence-corrected chi connectivity index (χ0v) is 17.8. The Labute approximate surface area is 167 Å². The van der Waals surface area contributed by atoms with Crippen LogP contribution in [0.4, 0.5) is 5.69 Å². The number of anilines is 1. The number of benzene rings is 2. The van der Waals surface area contributed by atoms with E-state index in [4.69, 9.17) is 0 Å². The molecule has 0 saturated heterocycles. The third-order valence-corrected chi connectivity index (χ3v) is 4.88. The van der Waals surface area contributed by atoms with E-state index in [1.165, 1.54) is 11.6 Å². The highest BCUT2D eigenvalue weighted by Gasteiger charge is 2.12. The van der Waals surface area contributed by atoms with Crippen LogP contribution in [0.2, 0.25) is 0 Å². The average Bonchev–Trinajstić information content (AvgIpc) is 2.59. The largest absolute Gasteiger partial charge is 0.346 e. The molecule has 1 atom stereocenters. The molecule has 1 amide bonds. The lowest BCUT2D eigenvalue weighted by Crippen LogP contribution is -2.24. The normalized spacial score (nSPS) is 13.3. The van der Waals surface area contributed by atoms with E-state index in [0.29, 0.717) is 5.69 Å². The third-order valence-electron chi connectivity index (χ3n) is 4.28. The summed E-state index contributed by atoms with van der Waals surface area (Å²) in [6, 6.07) is 14.9. The fourth-order valence-corrected chi connectivity index (χ4v) is 3.23. The first kappa shape index (κ1) is 21.7. The number of carbonyl (C=O) groups excluding carboxylic acids is 1. The van der Waals surface area contributed by atoms with Gasteiger partial charge in [-0.1, -0.05) is 57.2 Å². The van der Waals surface area contributed by atoms with Crippen LogP contribution in [0.25, 0.3) is 6.08 Å². The molecule has 0 heterocycles. The molecule has 0 aromatic heterocycles. The molecule has 150 valence electrons. The number of nitrogens with one attached hydrogen (secondary N) is 2. The van der Waals surface area contributed by atoms with E-state index in [9.17, 15) is 13.2 Å². The molecule has 0 unspecified atom stereocenters. The minimum Gasteiger partial charge on any atom is -0.346 e. The second kappa shape index (κ2) is 8.61. The second-order valence-corrected chi connectivity index (χ2v) is 9.68. The molecule has 2 aromatic carbocycles. The van der Waals surface area contributed by atoms with Gasteiger partial charge in [0.1, 0.15) is 0 Å². The van der Waals surface area contributed by atoms with Crippen molar-refractivity contribution in [1.29, 1.82) is 0 Å². The third kappa shape index (κ3) is 6.85. The average molecular weight is 401 g/mol. The molecular weight excluding hydrogens is 372 g/mol. The van der Waals surface area contributed by atoms with Crippen molar-refractivity contribution in [3.8, 4) is 0 Å². The van der Waals surface area contributed by atoms with E-state index in [1.807, 2.05) is 19.1 Å². The maximum absolute atomic E-state index is 12.2. The lowest BCUT2D eigenvalue weighted by atomic mass is 9.87. The Hall–Kier alpha value is -2.60. The fraction of sp³-hybridized carbons (Fsp3) is 0.318. The van der Waals surface area contributed by atoms with E-state index < -0.39 is 10.0 Å². The van der Waals surface area contributed by atoms with Gasteiger partial charge >= 0.3 is 0 Å². The van der Waals surface area contributed by atoms with Crippen LogP contribution in [0.15, 0.2) is 54.6 Å². The number of hydrogen-bond acceptors (Lipinski definition) is 3. The first-order valence-electron chi connectivity index (χ1n) is 9.11. The van der Waals surface area contributed by atoms with Crippen LogP contribution in [0.1, 0.15) is 50.4 Å². The van der Waals surface area contributed by atoms with Crippen LogP contribution in [0.5, 0.6) is 0 Å². The van der Waals surface area contributed by atoms with Crippen LogP contribution >= 0.6 is 0 Å². The molecule has 0 bridgehead atoms. The number of rotatable bonds is 6. The maximum Gasteiger partial charge on any atom is 0.244 e. The van der Waals surface area contributed by atoms with Crippen LogP contribution in [-0.4, -0.2) is 20.6 Å². The second-order valence-electron chi connectivity index (χ2n) is 7.93. The molecule has 0 aliphatic carbocycles. The van der Waals surface area contributed by atoms with Crippen LogP contribution in [-0.2, 0) is 20.2 Å². The fourth-order valence-electron chi connectivity index (χ4n) is 2.66. The Morgan fingerprint density at radius 3 is 2.07 bits per heavy atom. The Kier molecular flexibility index (Phi) is 6.67. The maximum atomic E-state index is 12.2. The zero-order chi connectivity index (χ0) is 20.9. The predicted molar refractivity (Wildman–Crippen MR) is 116 cm³/mol. The minimum absolute atomic E-state index is 0.0986. The molecule has 5 nitrogen and oxygen atoms in total. The summed E-state index contributed by atoms with van der Waals surface area (Å²) >= 11 is 0. The summed E-state index contributed by atoms with van der Waals surface area (Å²) in [5, 5.41) is 2.91. The van der Waals surface area contributed by atoms with Crippen molar-refractivity contribution >= 4 is 27.7 Å². The van der Waals surface area contributed by atoms with Gasteiger partial charge < -0.3 is 5.32 Å². The molecule has 2 N–H and O–H groups in total. The van der Waals surface area contributed by atoms with Gasteiger partial charge in [-0.3, -0.25) is 9.52 Å². The molecular formula is C22H28N2O3S. The highest BCUT2D eigenvalue weighted by molar-refractivity contribution is 7.92. The van der Waals surface area contributed by atoms with Crippen molar-refractivity contribution in [3.05, 3.63) is 71.3 Å². The molecule has 28 heavy (non-hydrogen) atoms. The predicted octanol–water partition coefficient (Wildman–Crippen LogP) is 4.25. The Balaban J connectivity index is 1.95. The van der Waals surface area contributed by atoms with Gasteiger partial charge in [-0.2, -0.15) is 0 Å². The minimum atomic E-state index is -3.30. The van der Waals surface area contributed by atoms with Gasteiger partial charge in [-0.15, -0.1) is 0 Å². The number of sulfonamides is 1. The molecule has 0 aliphatic rings. The Bertz CT molecular complexity index is 939. The molecule has 2 aromatic rings. The van der Waals surface area contributed by atoms with Crippen molar-refractivity contribution in [2.75, 3.05) is 11.0 Å². The van der Waals surface area contributed by atoms with Crippen molar-refractivity contribution in [2.24, 2.45) is 0 Å². The standard InChI is InChI=1S/C22H28N2O3S/c1-16(18-9-13-20(14-10-18)24-28(5,26)27)23-21(25)15-8-17-6-11-19(12-7-17)22(2,3)4/h6-16,24H,1-5H3,(H,23,25)/b15-8+/t16-/m1/s1. The van der Waals surface area contributed by atoms with Crippen LogP contribution in [0, 0.1) is 0 Å². The first-order valence-corrected chi connectivity index (χ1v) is 11.0. The summed E-state index contributed by atoms with van der Waals surface area (Å²) in [6.45, 7) is 8.37. The molecule has 0 saturated carbocycles. The molecule has 6 heteroatoms. The number of hydrogen-bond donors (Lipinski definition) is 2. The summed E-state index contributed by atoms with van der Waals surface area (Å²) in [7, 11) is -3.30. The highest BCUT2D eigenvalue weighted by Crippen LogP contribution is 2.22.